The third kappa shape index (κ3) is 2.33. The first-order valence-corrected chi connectivity index (χ1v) is 5.23. The zero-order valence-electron chi connectivity index (χ0n) is 9.88. The van der Waals surface area contributed by atoms with E-state index in [0.29, 0.717) is 23.3 Å². The van der Waals surface area contributed by atoms with E-state index >= 15 is 0 Å². The predicted octanol–water partition coefficient (Wildman–Crippen LogP) is 1.83. The van der Waals surface area contributed by atoms with Gasteiger partial charge in [-0.15, -0.1) is 0 Å². The van der Waals surface area contributed by atoms with Crippen molar-refractivity contribution in [2.45, 2.75) is 26.3 Å². The summed E-state index contributed by atoms with van der Waals surface area (Å²) in [7, 11) is 1.51. The molecule has 1 aromatic carbocycles. The molecule has 0 saturated heterocycles. The summed E-state index contributed by atoms with van der Waals surface area (Å²) in [5.41, 5.74) is 7.88. The van der Waals surface area contributed by atoms with Crippen LogP contribution in [-0.2, 0) is 0 Å². The fraction of sp³-hybridized carbons (Fsp3) is 0.500. The molecule has 90 valence electrons. The van der Waals surface area contributed by atoms with Crippen LogP contribution in [0.2, 0.25) is 0 Å². The minimum absolute atomic E-state index is 0.0155. The van der Waals surface area contributed by atoms with Gasteiger partial charge in [0, 0.05) is 18.2 Å². The minimum Gasteiger partial charge on any atom is -0.496 e. The van der Waals surface area contributed by atoms with E-state index in [9.17, 15) is 4.39 Å². The van der Waals surface area contributed by atoms with E-state index in [4.69, 9.17) is 15.6 Å². The Labute approximate surface area is 95.0 Å². The van der Waals surface area contributed by atoms with Crippen LogP contribution in [0.3, 0.4) is 0 Å². The zero-order chi connectivity index (χ0) is 12.3. The van der Waals surface area contributed by atoms with E-state index in [-0.39, 0.29) is 18.5 Å². The van der Waals surface area contributed by atoms with Gasteiger partial charge in [-0.3, -0.25) is 0 Å². The SMILES string of the molecule is COc1c(C)c(F)cc(C(N)CCO)c1C. The Balaban J connectivity index is 3.25. The number of rotatable bonds is 4. The maximum absolute atomic E-state index is 13.6. The highest BCUT2D eigenvalue weighted by Gasteiger charge is 2.17. The first-order valence-electron chi connectivity index (χ1n) is 5.23. The summed E-state index contributed by atoms with van der Waals surface area (Å²) in [4.78, 5) is 0. The number of hydrogen-bond acceptors (Lipinski definition) is 3. The van der Waals surface area contributed by atoms with Crippen molar-refractivity contribution in [3.05, 3.63) is 28.6 Å². The van der Waals surface area contributed by atoms with Crippen LogP contribution < -0.4 is 10.5 Å². The van der Waals surface area contributed by atoms with Crippen molar-refractivity contribution in [1.82, 2.24) is 0 Å². The molecule has 0 amide bonds. The number of ether oxygens (including phenoxy) is 1. The van der Waals surface area contributed by atoms with E-state index in [1.807, 2.05) is 6.92 Å². The Morgan fingerprint density at radius 1 is 1.44 bits per heavy atom. The van der Waals surface area contributed by atoms with Crippen LogP contribution in [0.1, 0.15) is 29.2 Å². The first kappa shape index (κ1) is 12.9. The Bertz CT molecular complexity index is 380. The summed E-state index contributed by atoms with van der Waals surface area (Å²) in [6.07, 6.45) is 0.409. The minimum atomic E-state index is -0.367. The molecule has 3 N–H and O–H groups in total. The van der Waals surface area contributed by atoms with Gasteiger partial charge in [-0.1, -0.05) is 0 Å². The molecule has 16 heavy (non-hydrogen) atoms. The summed E-state index contributed by atoms with van der Waals surface area (Å²) in [5.74, 6) is 0.203. The van der Waals surface area contributed by atoms with Gasteiger partial charge in [-0.25, -0.2) is 4.39 Å². The summed E-state index contributed by atoms with van der Waals surface area (Å²) >= 11 is 0. The lowest BCUT2D eigenvalue weighted by Gasteiger charge is -2.18. The van der Waals surface area contributed by atoms with Crippen LogP contribution in [0.5, 0.6) is 5.75 Å². The van der Waals surface area contributed by atoms with E-state index in [1.165, 1.54) is 13.2 Å². The Morgan fingerprint density at radius 2 is 2.06 bits per heavy atom. The van der Waals surface area contributed by atoms with Crippen molar-refractivity contribution >= 4 is 0 Å². The normalized spacial score (nSPS) is 12.6. The van der Waals surface area contributed by atoms with Gasteiger partial charge in [-0.05, 0) is 37.5 Å². The average molecular weight is 227 g/mol. The molecule has 4 heteroatoms. The van der Waals surface area contributed by atoms with E-state index in [0.717, 1.165) is 5.56 Å². The van der Waals surface area contributed by atoms with Gasteiger partial charge in [0.05, 0.1) is 7.11 Å². The third-order valence-electron chi connectivity index (χ3n) is 2.80. The second-order valence-electron chi connectivity index (χ2n) is 3.85. The maximum atomic E-state index is 13.6. The maximum Gasteiger partial charge on any atom is 0.130 e. The van der Waals surface area contributed by atoms with Gasteiger partial charge in [-0.2, -0.15) is 0 Å². The molecule has 1 rings (SSSR count). The Kier molecular flexibility index (Phi) is 4.26. The van der Waals surface area contributed by atoms with Crippen molar-refractivity contribution in [2.75, 3.05) is 13.7 Å². The molecule has 1 unspecified atom stereocenters. The average Bonchev–Trinajstić information content (AvgIpc) is 2.24. The highest BCUT2D eigenvalue weighted by atomic mass is 19.1. The highest BCUT2D eigenvalue weighted by molar-refractivity contribution is 5.47. The quantitative estimate of drug-likeness (QED) is 0.825. The van der Waals surface area contributed by atoms with Crippen LogP contribution in [0.4, 0.5) is 4.39 Å². The Morgan fingerprint density at radius 3 is 2.56 bits per heavy atom. The van der Waals surface area contributed by atoms with Crippen LogP contribution in [-0.4, -0.2) is 18.8 Å². The third-order valence-corrected chi connectivity index (χ3v) is 2.80. The molecule has 1 atom stereocenters. The van der Waals surface area contributed by atoms with Crippen molar-refractivity contribution in [3.63, 3.8) is 0 Å². The molecule has 0 aromatic heterocycles. The van der Waals surface area contributed by atoms with Crippen molar-refractivity contribution in [2.24, 2.45) is 5.73 Å². The lowest BCUT2D eigenvalue weighted by molar-refractivity contribution is 0.276. The molecule has 0 aliphatic carbocycles. The number of nitrogens with two attached hydrogens (primary N) is 1. The number of aliphatic hydroxyl groups is 1. The van der Waals surface area contributed by atoms with Crippen LogP contribution in [0, 0.1) is 19.7 Å². The van der Waals surface area contributed by atoms with Crippen molar-refractivity contribution < 1.29 is 14.2 Å². The summed E-state index contributed by atoms with van der Waals surface area (Å²) in [6, 6.07) is 1.06. The van der Waals surface area contributed by atoms with Gasteiger partial charge in [0.25, 0.3) is 0 Å². The molecular formula is C12H18FNO2. The van der Waals surface area contributed by atoms with Gasteiger partial charge < -0.3 is 15.6 Å². The fourth-order valence-corrected chi connectivity index (χ4v) is 1.86. The van der Waals surface area contributed by atoms with Crippen molar-refractivity contribution in [1.29, 1.82) is 0 Å². The number of halogens is 1. The van der Waals surface area contributed by atoms with E-state index < -0.39 is 0 Å². The summed E-state index contributed by atoms with van der Waals surface area (Å²) < 4.78 is 18.8. The molecular weight excluding hydrogens is 209 g/mol. The molecule has 0 radical (unpaired) electrons. The van der Waals surface area contributed by atoms with Gasteiger partial charge in [0.1, 0.15) is 11.6 Å². The van der Waals surface area contributed by atoms with Gasteiger partial charge in [0.15, 0.2) is 0 Å². The molecule has 3 nitrogen and oxygen atoms in total. The zero-order valence-corrected chi connectivity index (χ0v) is 9.88. The fourth-order valence-electron chi connectivity index (χ4n) is 1.86. The molecule has 0 fully saturated rings. The second-order valence-corrected chi connectivity index (χ2v) is 3.85. The number of methoxy groups -OCH3 is 1. The molecule has 0 bridgehead atoms. The largest absolute Gasteiger partial charge is 0.496 e. The standard InChI is InChI=1S/C12H18FNO2/c1-7-9(11(14)4-5-15)6-10(13)8(2)12(7)16-3/h6,11,15H,4-5,14H2,1-3H3. The van der Waals surface area contributed by atoms with Crippen LogP contribution >= 0.6 is 0 Å². The van der Waals surface area contributed by atoms with Gasteiger partial charge >= 0.3 is 0 Å². The first-order chi connectivity index (χ1) is 7.52. The smallest absolute Gasteiger partial charge is 0.130 e. The number of benzene rings is 1. The van der Waals surface area contributed by atoms with Gasteiger partial charge in [0.2, 0.25) is 0 Å². The topological polar surface area (TPSA) is 55.5 Å². The molecule has 1 aromatic rings. The predicted molar refractivity (Wildman–Crippen MR) is 61.1 cm³/mol. The molecule has 0 aliphatic heterocycles. The molecule has 0 spiro atoms. The summed E-state index contributed by atoms with van der Waals surface area (Å²) in [5, 5.41) is 8.83. The monoisotopic (exact) mass is 227 g/mol. The molecule has 0 saturated carbocycles. The Hall–Kier alpha value is -1.13. The van der Waals surface area contributed by atoms with Crippen LogP contribution in [0.15, 0.2) is 6.07 Å². The highest BCUT2D eigenvalue weighted by Crippen LogP contribution is 2.31. The number of aliphatic hydroxyl groups excluding tert-OH is 1. The van der Waals surface area contributed by atoms with E-state index in [1.54, 1.807) is 6.92 Å². The number of hydrogen-bond donors (Lipinski definition) is 2. The lowest BCUT2D eigenvalue weighted by Crippen LogP contribution is -2.14. The second kappa shape index (κ2) is 5.27. The summed E-state index contributed by atoms with van der Waals surface area (Å²) in [6.45, 7) is 3.50. The molecule has 0 aliphatic rings. The lowest BCUT2D eigenvalue weighted by atomic mass is 9.96. The van der Waals surface area contributed by atoms with Crippen molar-refractivity contribution in [3.8, 4) is 5.75 Å². The van der Waals surface area contributed by atoms with E-state index in [2.05, 4.69) is 0 Å². The van der Waals surface area contributed by atoms with Crippen LogP contribution in [0.25, 0.3) is 0 Å². The molecule has 0 heterocycles.